The lowest BCUT2D eigenvalue weighted by molar-refractivity contribution is 0.104. The molecule has 0 atom stereocenters. The fraction of sp³-hybridized carbons (Fsp3) is 0.316. The van der Waals surface area contributed by atoms with Crippen molar-refractivity contribution < 1.29 is 14.3 Å². The molecule has 2 aromatic carbocycles. The summed E-state index contributed by atoms with van der Waals surface area (Å²) in [6.07, 6.45) is 0. The summed E-state index contributed by atoms with van der Waals surface area (Å²) >= 11 is 0. The van der Waals surface area contributed by atoms with Gasteiger partial charge >= 0.3 is 0 Å². The highest BCUT2D eigenvalue weighted by atomic mass is 16.5. The number of rotatable bonds is 8. The first-order valence-corrected chi connectivity index (χ1v) is 8.12. The van der Waals surface area contributed by atoms with Crippen LogP contribution in [0.4, 0.5) is 0 Å². The molecular weight excluding hydrogens is 304 g/mol. The minimum Gasteiger partial charge on any atom is -0.492 e. The fourth-order valence-electron chi connectivity index (χ4n) is 2.75. The molecule has 0 heterocycles. The van der Waals surface area contributed by atoms with Gasteiger partial charge in [-0.1, -0.05) is 0 Å². The second kappa shape index (κ2) is 7.47. The van der Waals surface area contributed by atoms with Crippen molar-refractivity contribution in [3.63, 3.8) is 0 Å². The largest absolute Gasteiger partial charge is 0.492 e. The molecule has 0 saturated carbocycles. The van der Waals surface area contributed by atoms with Crippen LogP contribution in [-0.4, -0.2) is 46.2 Å². The minimum absolute atomic E-state index is 0.0588. The number of nitrogens with one attached hydrogen (secondary N) is 2. The first-order valence-electron chi connectivity index (χ1n) is 8.12. The maximum Gasteiger partial charge on any atom is 0.194 e. The highest BCUT2D eigenvalue weighted by Gasteiger charge is 2.27. The molecule has 5 heteroatoms. The van der Waals surface area contributed by atoms with E-state index >= 15 is 0 Å². The standard InChI is InChI=1S/C19H22N2O3/c1-20-7-9-23-13-3-5-15-17(11-13)18-12-14(24-10-8-21-2)4-6-16(18)19(15)22/h3-6,11-12,20-21H,7-10H2,1-2H3. The molecule has 0 amide bonds. The summed E-state index contributed by atoms with van der Waals surface area (Å²) in [4.78, 5) is 12.5. The van der Waals surface area contributed by atoms with Crippen molar-refractivity contribution >= 4 is 5.78 Å². The van der Waals surface area contributed by atoms with E-state index in [9.17, 15) is 4.79 Å². The zero-order chi connectivity index (χ0) is 16.9. The van der Waals surface area contributed by atoms with E-state index in [0.29, 0.717) is 13.2 Å². The van der Waals surface area contributed by atoms with Crippen molar-refractivity contribution in [3.8, 4) is 22.6 Å². The molecule has 0 bridgehead atoms. The molecule has 2 aromatic rings. The Morgan fingerprint density at radius 1 is 0.750 bits per heavy atom. The second-order valence-corrected chi connectivity index (χ2v) is 5.65. The van der Waals surface area contributed by atoms with Crippen LogP contribution < -0.4 is 20.1 Å². The van der Waals surface area contributed by atoms with Crippen LogP contribution in [0.25, 0.3) is 11.1 Å². The lowest BCUT2D eigenvalue weighted by Gasteiger charge is -2.09. The number of carbonyl (C=O) groups is 1. The van der Waals surface area contributed by atoms with Gasteiger partial charge in [-0.3, -0.25) is 4.79 Å². The molecular formula is C19H22N2O3. The van der Waals surface area contributed by atoms with E-state index in [-0.39, 0.29) is 5.78 Å². The summed E-state index contributed by atoms with van der Waals surface area (Å²) in [6, 6.07) is 11.3. The van der Waals surface area contributed by atoms with Crippen molar-refractivity contribution in [3.05, 3.63) is 47.5 Å². The normalized spacial score (nSPS) is 12.0. The molecule has 1 aliphatic rings. The van der Waals surface area contributed by atoms with Crippen LogP contribution >= 0.6 is 0 Å². The van der Waals surface area contributed by atoms with E-state index in [2.05, 4.69) is 10.6 Å². The monoisotopic (exact) mass is 326 g/mol. The van der Waals surface area contributed by atoms with E-state index in [4.69, 9.17) is 9.47 Å². The molecule has 0 unspecified atom stereocenters. The molecule has 0 fully saturated rings. The number of carbonyl (C=O) groups excluding carboxylic acids is 1. The number of ketones is 1. The van der Waals surface area contributed by atoms with Crippen molar-refractivity contribution in [2.24, 2.45) is 0 Å². The molecule has 0 aliphatic heterocycles. The summed E-state index contributed by atoms with van der Waals surface area (Å²) in [6.45, 7) is 2.72. The number of fused-ring (bicyclic) bond motifs is 3. The average molecular weight is 326 g/mol. The fourth-order valence-corrected chi connectivity index (χ4v) is 2.75. The maximum absolute atomic E-state index is 12.5. The van der Waals surface area contributed by atoms with Gasteiger partial charge in [0.05, 0.1) is 0 Å². The Morgan fingerprint density at radius 2 is 1.21 bits per heavy atom. The quantitative estimate of drug-likeness (QED) is 0.621. The number of likely N-dealkylation sites (N-methyl/N-ethyl adjacent to an activating group) is 2. The van der Waals surface area contributed by atoms with Crippen LogP contribution in [0, 0.1) is 0 Å². The zero-order valence-corrected chi connectivity index (χ0v) is 14.0. The van der Waals surface area contributed by atoms with Crippen LogP contribution in [0.2, 0.25) is 0 Å². The molecule has 5 nitrogen and oxygen atoms in total. The lowest BCUT2D eigenvalue weighted by atomic mass is 10.1. The summed E-state index contributed by atoms with van der Waals surface area (Å²) < 4.78 is 11.4. The van der Waals surface area contributed by atoms with E-state index in [1.54, 1.807) is 0 Å². The maximum atomic E-state index is 12.5. The van der Waals surface area contributed by atoms with Gasteiger partial charge in [0.15, 0.2) is 5.78 Å². The van der Waals surface area contributed by atoms with Gasteiger partial charge in [0.2, 0.25) is 0 Å². The summed E-state index contributed by atoms with van der Waals surface area (Å²) in [5, 5.41) is 6.09. The Morgan fingerprint density at radius 3 is 1.62 bits per heavy atom. The minimum atomic E-state index is 0.0588. The molecule has 0 saturated heterocycles. The van der Waals surface area contributed by atoms with Crippen LogP contribution in [0.3, 0.4) is 0 Å². The van der Waals surface area contributed by atoms with Crippen LogP contribution in [0.1, 0.15) is 15.9 Å². The van der Waals surface area contributed by atoms with E-state index in [1.165, 1.54) is 0 Å². The third-order valence-electron chi connectivity index (χ3n) is 4.00. The number of hydrogen-bond donors (Lipinski definition) is 2. The highest BCUT2D eigenvalue weighted by Crippen LogP contribution is 2.40. The van der Waals surface area contributed by atoms with Crippen molar-refractivity contribution in [2.75, 3.05) is 40.4 Å². The van der Waals surface area contributed by atoms with Gasteiger partial charge in [-0.05, 0) is 61.6 Å². The number of benzene rings is 2. The second-order valence-electron chi connectivity index (χ2n) is 5.65. The predicted molar refractivity (Wildman–Crippen MR) is 94.2 cm³/mol. The van der Waals surface area contributed by atoms with Gasteiger partial charge in [-0.25, -0.2) is 0 Å². The van der Waals surface area contributed by atoms with Crippen LogP contribution in [-0.2, 0) is 0 Å². The molecule has 0 radical (unpaired) electrons. The van der Waals surface area contributed by atoms with Crippen LogP contribution in [0.5, 0.6) is 11.5 Å². The molecule has 0 spiro atoms. The molecule has 126 valence electrons. The van der Waals surface area contributed by atoms with Gasteiger partial charge in [0.25, 0.3) is 0 Å². The smallest absolute Gasteiger partial charge is 0.194 e. The molecule has 1 aliphatic carbocycles. The Hall–Kier alpha value is -2.37. The SMILES string of the molecule is CNCCOc1ccc2c(c1)-c1cc(OCCNC)ccc1C2=O. The first kappa shape index (κ1) is 16.5. The first-order chi connectivity index (χ1) is 11.7. The Balaban J connectivity index is 1.87. The van der Waals surface area contributed by atoms with Gasteiger partial charge in [0.1, 0.15) is 24.7 Å². The third kappa shape index (κ3) is 3.27. The molecule has 3 rings (SSSR count). The highest BCUT2D eigenvalue weighted by molar-refractivity contribution is 6.21. The lowest BCUT2D eigenvalue weighted by Crippen LogP contribution is -2.16. The summed E-state index contributed by atoms with van der Waals surface area (Å²) in [5.74, 6) is 1.60. The van der Waals surface area contributed by atoms with E-state index in [0.717, 1.165) is 46.8 Å². The van der Waals surface area contributed by atoms with Crippen molar-refractivity contribution in [1.29, 1.82) is 0 Å². The summed E-state index contributed by atoms with van der Waals surface area (Å²) in [7, 11) is 3.77. The van der Waals surface area contributed by atoms with Crippen molar-refractivity contribution in [2.45, 2.75) is 0 Å². The Bertz CT molecular complexity index is 682. The third-order valence-corrected chi connectivity index (χ3v) is 4.00. The molecule has 24 heavy (non-hydrogen) atoms. The summed E-state index contributed by atoms with van der Waals surface area (Å²) in [5.41, 5.74) is 3.27. The molecule has 0 aromatic heterocycles. The van der Waals surface area contributed by atoms with Gasteiger partial charge in [-0.15, -0.1) is 0 Å². The van der Waals surface area contributed by atoms with Crippen molar-refractivity contribution in [1.82, 2.24) is 10.6 Å². The Kier molecular flexibility index (Phi) is 5.13. The zero-order valence-electron chi connectivity index (χ0n) is 14.0. The average Bonchev–Trinajstić information content (AvgIpc) is 2.88. The van der Waals surface area contributed by atoms with Gasteiger partial charge in [0, 0.05) is 24.2 Å². The van der Waals surface area contributed by atoms with E-state index < -0.39 is 0 Å². The molecule has 2 N–H and O–H groups in total. The van der Waals surface area contributed by atoms with Crippen LogP contribution in [0.15, 0.2) is 36.4 Å². The number of hydrogen-bond acceptors (Lipinski definition) is 5. The Labute approximate surface area is 142 Å². The van der Waals surface area contributed by atoms with Gasteiger partial charge in [-0.2, -0.15) is 0 Å². The van der Waals surface area contributed by atoms with E-state index in [1.807, 2.05) is 50.5 Å². The van der Waals surface area contributed by atoms with Gasteiger partial charge < -0.3 is 20.1 Å². The number of ether oxygens (including phenoxy) is 2. The topological polar surface area (TPSA) is 59.6 Å². The predicted octanol–water partition coefficient (Wildman–Crippen LogP) is 2.09.